The Morgan fingerprint density at radius 3 is 2.70 bits per heavy atom. The molecule has 1 saturated heterocycles. The Labute approximate surface area is 160 Å². The van der Waals surface area contributed by atoms with Crippen molar-refractivity contribution in [2.24, 2.45) is 0 Å². The zero-order chi connectivity index (χ0) is 19.2. The molecular formula is C22H28FN3O. The van der Waals surface area contributed by atoms with Gasteiger partial charge in [0.25, 0.3) is 0 Å². The Balaban J connectivity index is 1.49. The molecule has 2 N–H and O–H groups in total. The van der Waals surface area contributed by atoms with Crippen LogP contribution in [0.5, 0.6) is 0 Å². The second-order valence-corrected chi connectivity index (χ2v) is 7.35. The molecule has 1 aliphatic heterocycles. The van der Waals surface area contributed by atoms with Crippen molar-refractivity contribution in [1.29, 1.82) is 0 Å². The lowest BCUT2D eigenvalue weighted by molar-refractivity contribution is -0.116. The highest BCUT2D eigenvalue weighted by molar-refractivity contribution is 5.91. The van der Waals surface area contributed by atoms with Crippen molar-refractivity contribution < 1.29 is 9.18 Å². The number of halogens is 1. The number of hydrogen-bond donors (Lipinski definition) is 2. The van der Waals surface area contributed by atoms with Crippen LogP contribution in [-0.2, 0) is 11.3 Å². The van der Waals surface area contributed by atoms with E-state index in [1.54, 1.807) is 6.07 Å². The first-order valence-electron chi connectivity index (χ1n) is 9.64. The van der Waals surface area contributed by atoms with E-state index in [0.29, 0.717) is 13.0 Å². The smallest absolute Gasteiger partial charge is 0.225 e. The quantitative estimate of drug-likeness (QED) is 0.767. The summed E-state index contributed by atoms with van der Waals surface area (Å²) in [5.74, 6) is -0.232. The van der Waals surface area contributed by atoms with Crippen molar-refractivity contribution in [1.82, 2.24) is 5.32 Å². The van der Waals surface area contributed by atoms with Crippen LogP contribution in [0.25, 0.3) is 0 Å². The van der Waals surface area contributed by atoms with Gasteiger partial charge in [0.1, 0.15) is 5.82 Å². The minimum absolute atomic E-state index is 0.00981. The number of nitrogens with zero attached hydrogens (tertiary/aromatic N) is 1. The molecule has 2 aromatic rings. The van der Waals surface area contributed by atoms with Gasteiger partial charge in [-0.15, -0.1) is 0 Å². The third-order valence-corrected chi connectivity index (χ3v) is 5.04. The van der Waals surface area contributed by atoms with E-state index in [2.05, 4.69) is 21.6 Å². The Kier molecular flexibility index (Phi) is 6.45. The van der Waals surface area contributed by atoms with E-state index in [0.717, 1.165) is 29.9 Å². The van der Waals surface area contributed by atoms with E-state index < -0.39 is 0 Å². The Bertz CT molecular complexity index is 787. The fourth-order valence-corrected chi connectivity index (χ4v) is 3.46. The maximum absolute atomic E-state index is 13.2. The number of rotatable bonds is 7. The average molecular weight is 369 g/mol. The molecule has 27 heavy (non-hydrogen) atoms. The summed E-state index contributed by atoms with van der Waals surface area (Å²) in [6, 6.07) is 12.9. The van der Waals surface area contributed by atoms with Gasteiger partial charge in [-0.3, -0.25) is 4.79 Å². The second kappa shape index (κ2) is 9.00. The third kappa shape index (κ3) is 5.54. The first-order valence-corrected chi connectivity index (χ1v) is 9.64. The van der Waals surface area contributed by atoms with Gasteiger partial charge in [-0.1, -0.05) is 12.1 Å². The second-order valence-electron chi connectivity index (χ2n) is 7.35. The number of aryl methyl sites for hydroxylation is 1. The average Bonchev–Trinajstić information content (AvgIpc) is 3.16. The lowest BCUT2D eigenvalue weighted by atomic mass is 10.1. The summed E-state index contributed by atoms with van der Waals surface area (Å²) < 4.78 is 13.2. The summed E-state index contributed by atoms with van der Waals surface area (Å²) in [5.41, 5.74) is 3.97. The molecule has 0 aromatic heterocycles. The van der Waals surface area contributed by atoms with Crippen LogP contribution in [-0.4, -0.2) is 25.0 Å². The van der Waals surface area contributed by atoms with Gasteiger partial charge in [-0.2, -0.15) is 0 Å². The van der Waals surface area contributed by atoms with Gasteiger partial charge in [0, 0.05) is 43.5 Å². The molecule has 4 nitrogen and oxygen atoms in total. The molecule has 0 radical (unpaired) electrons. The molecule has 5 heteroatoms. The van der Waals surface area contributed by atoms with Gasteiger partial charge >= 0.3 is 0 Å². The van der Waals surface area contributed by atoms with Crippen molar-refractivity contribution in [2.75, 3.05) is 23.3 Å². The number of hydrogen-bond acceptors (Lipinski definition) is 3. The predicted octanol–water partition coefficient (Wildman–Crippen LogP) is 4.24. The molecule has 0 saturated carbocycles. The van der Waals surface area contributed by atoms with Crippen LogP contribution in [0.15, 0.2) is 42.5 Å². The highest BCUT2D eigenvalue weighted by Crippen LogP contribution is 2.23. The molecule has 144 valence electrons. The fraction of sp³-hybridized carbons (Fsp3) is 0.409. The van der Waals surface area contributed by atoms with Gasteiger partial charge in [-0.25, -0.2) is 4.39 Å². The predicted molar refractivity (Wildman–Crippen MR) is 109 cm³/mol. The van der Waals surface area contributed by atoms with Crippen LogP contribution in [0.3, 0.4) is 0 Å². The molecule has 0 spiro atoms. The molecule has 2 aromatic carbocycles. The van der Waals surface area contributed by atoms with Gasteiger partial charge in [0.05, 0.1) is 0 Å². The van der Waals surface area contributed by atoms with Crippen molar-refractivity contribution >= 4 is 17.3 Å². The molecule has 1 amide bonds. The normalized spacial score (nSPS) is 15.0. The third-order valence-electron chi connectivity index (χ3n) is 5.04. The van der Waals surface area contributed by atoms with Crippen LogP contribution in [0.4, 0.5) is 15.8 Å². The topological polar surface area (TPSA) is 44.4 Å². The first-order chi connectivity index (χ1) is 13.0. The van der Waals surface area contributed by atoms with Crippen molar-refractivity contribution in [3.8, 4) is 0 Å². The number of carbonyl (C=O) groups excluding carboxylic acids is 1. The minimum atomic E-state index is -0.222. The van der Waals surface area contributed by atoms with Crippen LogP contribution in [0, 0.1) is 12.7 Å². The monoisotopic (exact) mass is 369 g/mol. The van der Waals surface area contributed by atoms with Gasteiger partial charge in [0.15, 0.2) is 0 Å². The van der Waals surface area contributed by atoms with E-state index in [1.165, 1.54) is 30.7 Å². The molecule has 1 atom stereocenters. The van der Waals surface area contributed by atoms with Gasteiger partial charge in [-0.05, 0) is 68.1 Å². The summed E-state index contributed by atoms with van der Waals surface area (Å²) in [6.07, 6.45) is 2.84. The molecular weight excluding hydrogens is 341 g/mol. The SMILES string of the molecule is Cc1cc(F)ccc1CNC(C)CC(=O)Nc1cccc(N2CCCC2)c1. The van der Waals surface area contributed by atoms with Crippen molar-refractivity contribution in [2.45, 2.75) is 45.7 Å². The van der Waals surface area contributed by atoms with E-state index in [9.17, 15) is 9.18 Å². The molecule has 1 fully saturated rings. The lowest BCUT2D eigenvalue weighted by Gasteiger charge is -2.19. The number of benzene rings is 2. The number of nitrogens with one attached hydrogen (secondary N) is 2. The molecule has 1 heterocycles. The van der Waals surface area contributed by atoms with E-state index in [4.69, 9.17) is 0 Å². The Morgan fingerprint density at radius 1 is 1.19 bits per heavy atom. The summed E-state index contributed by atoms with van der Waals surface area (Å²) >= 11 is 0. The maximum Gasteiger partial charge on any atom is 0.225 e. The fourth-order valence-electron chi connectivity index (χ4n) is 3.46. The molecule has 1 aliphatic rings. The lowest BCUT2D eigenvalue weighted by Crippen LogP contribution is -2.30. The zero-order valence-corrected chi connectivity index (χ0v) is 16.1. The number of carbonyl (C=O) groups is 1. The molecule has 1 unspecified atom stereocenters. The van der Waals surface area contributed by atoms with Crippen LogP contribution < -0.4 is 15.5 Å². The largest absolute Gasteiger partial charge is 0.371 e. The molecule has 0 aliphatic carbocycles. The standard InChI is InChI=1S/C22H28FN3O/c1-16-12-19(23)9-8-18(16)15-24-17(2)13-22(27)25-20-6-5-7-21(14-20)26-10-3-4-11-26/h5-9,12,14,17,24H,3-4,10-11,13,15H2,1-2H3,(H,25,27). The minimum Gasteiger partial charge on any atom is -0.371 e. The molecule has 0 bridgehead atoms. The Morgan fingerprint density at radius 2 is 1.96 bits per heavy atom. The van der Waals surface area contributed by atoms with Crippen molar-refractivity contribution in [3.05, 3.63) is 59.4 Å². The highest BCUT2D eigenvalue weighted by atomic mass is 19.1. The van der Waals surface area contributed by atoms with Crippen LogP contribution in [0.1, 0.15) is 37.3 Å². The number of amides is 1. The van der Waals surface area contributed by atoms with E-state index in [1.807, 2.05) is 32.0 Å². The van der Waals surface area contributed by atoms with Crippen LogP contribution >= 0.6 is 0 Å². The maximum atomic E-state index is 13.2. The Hall–Kier alpha value is -2.40. The van der Waals surface area contributed by atoms with Gasteiger partial charge < -0.3 is 15.5 Å². The van der Waals surface area contributed by atoms with Crippen molar-refractivity contribution in [3.63, 3.8) is 0 Å². The number of anilines is 2. The van der Waals surface area contributed by atoms with E-state index >= 15 is 0 Å². The van der Waals surface area contributed by atoms with E-state index in [-0.39, 0.29) is 17.8 Å². The first kappa shape index (κ1) is 19.4. The summed E-state index contributed by atoms with van der Waals surface area (Å²) in [6.45, 7) is 6.66. The molecule has 3 rings (SSSR count). The van der Waals surface area contributed by atoms with Gasteiger partial charge in [0.2, 0.25) is 5.91 Å². The zero-order valence-electron chi connectivity index (χ0n) is 16.1. The highest BCUT2D eigenvalue weighted by Gasteiger charge is 2.14. The summed E-state index contributed by atoms with van der Waals surface area (Å²) in [5, 5.41) is 6.34. The summed E-state index contributed by atoms with van der Waals surface area (Å²) in [4.78, 5) is 14.7. The van der Waals surface area contributed by atoms with Crippen LogP contribution in [0.2, 0.25) is 0 Å². The summed E-state index contributed by atoms with van der Waals surface area (Å²) in [7, 11) is 0.